The van der Waals surface area contributed by atoms with Crippen molar-refractivity contribution >= 4 is 66.4 Å². The number of halogens is 3. The highest BCUT2D eigenvalue weighted by Gasteiger charge is 2.12. The van der Waals surface area contributed by atoms with E-state index in [1.165, 1.54) is 0 Å². The molecule has 0 radical (unpaired) electrons. The topological polar surface area (TPSA) is 71.3 Å². The number of benzene rings is 3. The molecule has 0 aliphatic heterocycles. The van der Waals surface area contributed by atoms with E-state index in [0.29, 0.717) is 33.4 Å². The molecule has 3 rings (SSSR count). The van der Waals surface area contributed by atoms with E-state index < -0.39 is 5.91 Å². The molecule has 0 fully saturated rings. The van der Waals surface area contributed by atoms with E-state index >= 15 is 0 Å². The third-order valence-corrected chi connectivity index (χ3v) is 6.50. The normalized spacial score (nSPS) is 10.9. The molecule has 1 N–H and O–H groups in total. The van der Waals surface area contributed by atoms with Gasteiger partial charge >= 0.3 is 0 Å². The van der Waals surface area contributed by atoms with Crippen molar-refractivity contribution in [3.05, 3.63) is 95.4 Å². The predicted octanol–water partition coefficient (Wildman–Crippen LogP) is 6.63. The molecular weight excluding hydrogens is 663 g/mol. The average Bonchev–Trinajstić information content (AvgIpc) is 2.82. The molecule has 1 amide bonds. The van der Waals surface area contributed by atoms with Gasteiger partial charge < -0.3 is 14.8 Å². The first-order valence-corrected chi connectivity index (χ1v) is 12.5. The number of ether oxygens (including phenoxy) is 2. The van der Waals surface area contributed by atoms with Crippen LogP contribution < -0.4 is 14.8 Å². The molecule has 5 nitrogen and oxygen atoms in total. The van der Waals surface area contributed by atoms with Gasteiger partial charge in [-0.05, 0) is 114 Å². The Morgan fingerprint density at radius 3 is 2.24 bits per heavy atom. The lowest BCUT2D eigenvalue weighted by Gasteiger charge is -2.12. The fourth-order valence-electron chi connectivity index (χ4n) is 2.87. The minimum absolute atomic E-state index is 0.00914. The zero-order valence-electron chi connectivity index (χ0n) is 17.6. The molecular formula is C25H19Br2IN2O3. The quantitative estimate of drug-likeness (QED) is 0.165. The van der Waals surface area contributed by atoms with Gasteiger partial charge in [-0.3, -0.25) is 4.79 Å². The van der Waals surface area contributed by atoms with E-state index in [1.54, 1.807) is 13.2 Å². The molecule has 8 heteroatoms. The van der Waals surface area contributed by atoms with E-state index in [0.717, 1.165) is 20.4 Å². The van der Waals surface area contributed by atoms with Crippen LogP contribution in [-0.4, -0.2) is 13.0 Å². The summed E-state index contributed by atoms with van der Waals surface area (Å²) in [6.07, 6.45) is 1.54. The number of amides is 1. The number of methoxy groups -OCH3 is 1. The summed E-state index contributed by atoms with van der Waals surface area (Å²) in [6, 6.07) is 21.0. The number of carbonyl (C=O) groups is 1. The molecule has 0 aliphatic rings. The SMILES string of the molecule is COc1ccc(CNC(=O)/C(C#N)=C\c2cc(Br)c(OCc3ccc(I)cc3)c(Br)c2)cc1. The number of nitriles is 1. The fraction of sp³-hybridized carbons (Fsp3) is 0.120. The lowest BCUT2D eigenvalue weighted by atomic mass is 10.1. The van der Waals surface area contributed by atoms with Crippen LogP contribution >= 0.6 is 54.5 Å². The highest BCUT2D eigenvalue weighted by molar-refractivity contribution is 14.1. The largest absolute Gasteiger partial charge is 0.497 e. The molecule has 0 spiro atoms. The van der Waals surface area contributed by atoms with Gasteiger partial charge in [0.1, 0.15) is 29.7 Å². The molecule has 0 heterocycles. The van der Waals surface area contributed by atoms with Crippen LogP contribution in [0.1, 0.15) is 16.7 Å². The number of carbonyl (C=O) groups excluding carboxylic acids is 1. The van der Waals surface area contributed by atoms with Gasteiger partial charge in [-0.15, -0.1) is 0 Å². The lowest BCUT2D eigenvalue weighted by molar-refractivity contribution is -0.117. The van der Waals surface area contributed by atoms with Gasteiger partial charge in [0.2, 0.25) is 0 Å². The molecule has 3 aromatic carbocycles. The Bertz CT molecular complexity index is 1180. The summed E-state index contributed by atoms with van der Waals surface area (Å²) < 4.78 is 13.7. The number of nitrogens with zero attached hydrogens (tertiary/aromatic N) is 1. The Kier molecular flexibility index (Phi) is 9.35. The van der Waals surface area contributed by atoms with Gasteiger partial charge in [0.15, 0.2) is 0 Å². The van der Waals surface area contributed by atoms with Crippen LogP contribution in [0.25, 0.3) is 6.08 Å². The van der Waals surface area contributed by atoms with Crippen molar-refractivity contribution in [1.29, 1.82) is 5.26 Å². The molecule has 168 valence electrons. The van der Waals surface area contributed by atoms with Crippen molar-refractivity contribution in [2.45, 2.75) is 13.2 Å². The van der Waals surface area contributed by atoms with Crippen molar-refractivity contribution in [3.8, 4) is 17.6 Å². The summed E-state index contributed by atoms with van der Waals surface area (Å²) in [6.45, 7) is 0.723. The minimum Gasteiger partial charge on any atom is -0.497 e. The molecule has 33 heavy (non-hydrogen) atoms. The summed E-state index contributed by atoms with van der Waals surface area (Å²) in [5, 5.41) is 12.3. The summed E-state index contributed by atoms with van der Waals surface area (Å²) >= 11 is 9.31. The molecule has 0 aromatic heterocycles. The smallest absolute Gasteiger partial charge is 0.262 e. The number of nitrogens with one attached hydrogen (secondary N) is 1. The van der Waals surface area contributed by atoms with E-state index in [2.05, 4.69) is 59.8 Å². The maximum absolute atomic E-state index is 12.5. The molecule has 0 aliphatic carbocycles. The standard InChI is InChI=1S/C25H19Br2IN2O3/c1-32-21-8-4-16(5-9-21)14-30-25(31)19(13-29)10-18-11-22(26)24(23(27)12-18)33-15-17-2-6-20(28)7-3-17/h2-12H,14-15H2,1H3,(H,30,31)/b19-10-. The fourth-order valence-corrected chi connectivity index (χ4v) is 4.68. The Morgan fingerprint density at radius 1 is 1.06 bits per heavy atom. The predicted molar refractivity (Wildman–Crippen MR) is 144 cm³/mol. The van der Waals surface area contributed by atoms with Crippen molar-refractivity contribution in [2.24, 2.45) is 0 Å². The van der Waals surface area contributed by atoms with E-state index in [-0.39, 0.29) is 5.57 Å². The number of hydrogen-bond acceptors (Lipinski definition) is 4. The summed E-state index contributed by atoms with van der Waals surface area (Å²) in [7, 11) is 1.60. The Balaban J connectivity index is 1.68. The number of rotatable bonds is 8. The van der Waals surface area contributed by atoms with Crippen molar-refractivity contribution in [3.63, 3.8) is 0 Å². The average molecular weight is 682 g/mol. The monoisotopic (exact) mass is 680 g/mol. The van der Waals surface area contributed by atoms with Crippen LogP contribution in [0.15, 0.2) is 75.2 Å². The second kappa shape index (κ2) is 12.2. The van der Waals surface area contributed by atoms with E-state index in [9.17, 15) is 10.1 Å². The van der Waals surface area contributed by atoms with E-state index in [1.807, 2.05) is 66.7 Å². The van der Waals surface area contributed by atoms with Gasteiger partial charge in [-0.2, -0.15) is 5.26 Å². The second-order valence-electron chi connectivity index (χ2n) is 6.93. The van der Waals surface area contributed by atoms with Crippen LogP contribution in [0.2, 0.25) is 0 Å². The molecule has 0 unspecified atom stereocenters. The van der Waals surface area contributed by atoms with Gasteiger partial charge in [0.05, 0.1) is 16.1 Å². The maximum atomic E-state index is 12.5. The minimum atomic E-state index is -0.445. The van der Waals surface area contributed by atoms with Crippen LogP contribution in [0.5, 0.6) is 11.5 Å². The zero-order valence-corrected chi connectivity index (χ0v) is 22.9. The van der Waals surface area contributed by atoms with Gasteiger partial charge in [0, 0.05) is 10.1 Å². The molecule has 0 saturated carbocycles. The first kappa shape index (κ1) is 25.3. The van der Waals surface area contributed by atoms with Gasteiger partial charge in [0.25, 0.3) is 5.91 Å². The van der Waals surface area contributed by atoms with Crippen LogP contribution in [0.4, 0.5) is 0 Å². The van der Waals surface area contributed by atoms with Crippen molar-refractivity contribution in [2.75, 3.05) is 7.11 Å². The summed E-state index contributed by atoms with van der Waals surface area (Å²) in [4.78, 5) is 12.5. The number of hydrogen-bond donors (Lipinski definition) is 1. The third kappa shape index (κ3) is 7.32. The van der Waals surface area contributed by atoms with Crippen LogP contribution in [-0.2, 0) is 17.9 Å². The highest BCUT2D eigenvalue weighted by atomic mass is 127. The Hall–Kier alpha value is -2.35. The molecule has 0 saturated heterocycles. The summed E-state index contributed by atoms with van der Waals surface area (Å²) in [5.74, 6) is 0.942. The van der Waals surface area contributed by atoms with Gasteiger partial charge in [-0.25, -0.2) is 0 Å². The maximum Gasteiger partial charge on any atom is 0.262 e. The molecule has 0 atom stereocenters. The lowest BCUT2D eigenvalue weighted by Crippen LogP contribution is -2.23. The van der Waals surface area contributed by atoms with Gasteiger partial charge in [-0.1, -0.05) is 24.3 Å². The first-order chi connectivity index (χ1) is 15.9. The molecule has 3 aromatic rings. The van der Waals surface area contributed by atoms with Crippen molar-refractivity contribution in [1.82, 2.24) is 5.32 Å². The van der Waals surface area contributed by atoms with Crippen molar-refractivity contribution < 1.29 is 14.3 Å². The first-order valence-electron chi connectivity index (χ1n) is 9.79. The second-order valence-corrected chi connectivity index (χ2v) is 9.88. The third-order valence-electron chi connectivity index (χ3n) is 4.61. The summed E-state index contributed by atoms with van der Waals surface area (Å²) in [5.41, 5.74) is 2.65. The Labute approximate surface area is 223 Å². The molecule has 0 bridgehead atoms. The zero-order chi connectivity index (χ0) is 23.8. The highest BCUT2D eigenvalue weighted by Crippen LogP contribution is 2.36. The Morgan fingerprint density at radius 2 is 1.67 bits per heavy atom. The van der Waals surface area contributed by atoms with Crippen LogP contribution in [0, 0.1) is 14.9 Å². The van der Waals surface area contributed by atoms with E-state index in [4.69, 9.17) is 9.47 Å². The van der Waals surface area contributed by atoms with Crippen LogP contribution in [0.3, 0.4) is 0 Å².